The molecule has 2 N–H and O–H groups in total. The molecule has 1 unspecified atom stereocenters. The van der Waals surface area contributed by atoms with Crippen LogP contribution in [0.25, 0.3) is 0 Å². The van der Waals surface area contributed by atoms with Gasteiger partial charge in [-0.15, -0.1) is 0 Å². The zero-order valence-corrected chi connectivity index (χ0v) is 16.2. The molecule has 1 aliphatic rings. The highest BCUT2D eigenvalue weighted by Gasteiger charge is 2.33. The molecule has 1 fully saturated rings. The van der Waals surface area contributed by atoms with E-state index < -0.39 is 11.5 Å². The molecule has 7 heteroatoms. The van der Waals surface area contributed by atoms with Gasteiger partial charge in [0.25, 0.3) is 0 Å². The lowest BCUT2D eigenvalue weighted by atomic mass is 9.80. The third-order valence-electron chi connectivity index (χ3n) is 4.84. The van der Waals surface area contributed by atoms with E-state index in [1.807, 2.05) is 41.1 Å². The zero-order chi connectivity index (χ0) is 19.3. The minimum atomic E-state index is -0.978. The van der Waals surface area contributed by atoms with Crippen LogP contribution < -0.4 is 10.6 Å². The molecular formula is C20H24N2O4S. The van der Waals surface area contributed by atoms with Crippen molar-refractivity contribution in [3.8, 4) is 0 Å². The topological polar surface area (TPSA) is 81.9 Å². The molecule has 6 nitrogen and oxygen atoms in total. The second kappa shape index (κ2) is 8.65. The maximum atomic E-state index is 12.4. The number of hydrogen-bond acceptors (Lipinski definition) is 7. The highest BCUT2D eigenvalue weighted by atomic mass is 32.1. The van der Waals surface area contributed by atoms with E-state index in [0.717, 1.165) is 43.1 Å². The Morgan fingerprint density at radius 1 is 1.19 bits per heavy atom. The molecule has 1 aromatic carbocycles. The van der Waals surface area contributed by atoms with E-state index in [2.05, 4.69) is 9.64 Å². The quantitative estimate of drug-likeness (QED) is 0.579. The summed E-state index contributed by atoms with van der Waals surface area (Å²) in [7, 11) is 1.27. The van der Waals surface area contributed by atoms with Crippen LogP contribution in [-0.4, -0.2) is 45.2 Å². The number of ketones is 1. The number of esters is 1. The largest absolute Gasteiger partial charge is 0.469 e. The number of thiophene rings is 1. The number of morpholine rings is 1. The van der Waals surface area contributed by atoms with Gasteiger partial charge in [-0.05, 0) is 40.1 Å². The van der Waals surface area contributed by atoms with E-state index in [1.54, 1.807) is 0 Å². The minimum absolute atomic E-state index is 0.0374. The fourth-order valence-electron chi connectivity index (χ4n) is 3.29. The standard InChI is InChI=1S/C20H24N2O4S/c1-25-19(24)12-18(23)13-20(21,16-6-11-27-14-16)15-2-4-17(5-3-15)22-7-9-26-10-8-22/h2-6,11,14H,7-10,12-13,21H2,1H3. The fraction of sp³-hybridized carbons (Fsp3) is 0.400. The molecule has 0 radical (unpaired) electrons. The van der Waals surface area contributed by atoms with Gasteiger partial charge in [-0.2, -0.15) is 11.3 Å². The molecule has 1 saturated heterocycles. The Labute approximate surface area is 162 Å². The number of methoxy groups -OCH3 is 1. The van der Waals surface area contributed by atoms with Crippen molar-refractivity contribution in [1.29, 1.82) is 0 Å². The van der Waals surface area contributed by atoms with Crippen molar-refractivity contribution in [1.82, 2.24) is 0 Å². The molecule has 0 bridgehead atoms. The Morgan fingerprint density at radius 3 is 2.48 bits per heavy atom. The number of benzene rings is 1. The summed E-state index contributed by atoms with van der Waals surface area (Å²) in [6.45, 7) is 3.16. The molecule has 1 aliphatic heterocycles. The number of rotatable bonds is 7. The Bertz CT molecular complexity index is 770. The molecule has 0 aliphatic carbocycles. The maximum absolute atomic E-state index is 12.4. The molecule has 144 valence electrons. The van der Waals surface area contributed by atoms with Gasteiger partial charge in [0.2, 0.25) is 0 Å². The van der Waals surface area contributed by atoms with E-state index in [9.17, 15) is 9.59 Å². The smallest absolute Gasteiger partial charge is 0.313 e. The third kappa shape index (κ3) is 4.55. The highest BCUT2D eigenvalue weighted by Crippen LogP contribution is 2.33. The molecule has 0 amide bonds. The molecule has 2 aromatic rings. The first-order chi connectivity index (χ1) is 13.0. The maximum Gasteiger partial charge on any atom is 0.313 e. The number of anilines is 1. The van der Waals surface area contributed by atoms with Crippen LogP contribution in [0.3, 0.4) is 0 Å². The van der Waals surface area contributed by atoms with Crippen LogP contribution in [0, 0.1) is 0 Å². The van der Waals surface area contributed by atoms with E-state index in [0.29, 0.717) is 0 Å². The summed E-state index contributed by atoms with van der Waals surface area (Å²) in [5, 5.41) is 3.88. The predicted molar refractivity (Wildman–Crippen MR) is 105 cm³/mol. The van der Waals surface area contributed by atoms with Gasteiger partial charge in [0.05, 0.1) is 25.9 Å². The van der Waals surface area contributed by atoms with Crippen molar-refractivity contribution < 1.29 is 19.1 Å². The Morgan fingerprint density at radius 2 is 1.89 bits per heavy atom. The Hall–Kier alpha value is -2.22. The summed E-state index contributed by atoms with van der Waals surface area (Å²) in [6.07, 6.45) is -0.235. The molecule has 0 spiro atoms. The number of Topliss-reactive ketones (excluding diaryl/α,β-unsaturated/α-hetero) is 1. The van der Waals surface area contributed by atoms with Gasteiger partial charge in [0.15, 0.2) is 0 Å². The lowest BCUT2D eigenvalue weighted by Crippen LogP contribution is -2.40. The number of carbonyl (C=O) groups excluding carboxylic acids is 2. The number of hydrogen-bond donors (Lipinski definition) is 1. The number of carbonyl (C=O) groups is 2. The average molecular weight is 388 g/mol. The van der Waals surface area contributed by atoms with Crippen LogP contribution >= 0.6 is 11.3 Å². The first-order valence-corrected chi connectivity index (χ1v) is 9.80. The molecule has 1 atom stereocenters. The van der Waals surface area contributed by atoms with Crippen LogP contribution in [0.5, 0.6) is 0 Å². The summed E-state index contributed by atoms with van der Waals surface area (Å²) in [5.41, 5.74) is 8.57. The summed E-state index contributed by atoms with van der Waals surface area (Å²) in [6, 6.07) is 9.91. The molecule has 27 heavy (non-hydrogen) atoms. The van der Waals surface area contributed by atoms with Gasteiger partial charge in [-0.1, -0.05) is 12.1 Å². The van der Waals surface area contributed by atoms with Crippen molar-refractivity contribution in [2.24, 2.45) is 5.73 Å². The van der Waals surface area contributed by atoms with Crippen molar-refractivity contribution in [3.63, 3.8) is 0 Å². The second-order valence-corrected chi connectivity index (χ2v) is 7.38. The summed E-state index contributed by atoms with van der Waals surface area (Å²) < 4.78 is 10.00. The molecule has 2 heterocycles. The van der Waals surface area contributed by atoms with Gasteiger partial charge in [-0.3, -0.25) is 9.59 Å². The fourth-order valence-corrected chi connectivity index (χ4v) is 4.03. The normalized spacial score (nSPS) is 16.6. The van der Waals surface area contributed by atoms with Crippen LogP contribution in [0.15, 0.2) is 41.1 Å². The molecule has 0 saturated carbocycles. The highest BCUT2D eigenvalue weighted by molar-refractivity contribution is 7.08. The Kier molecular flexibility index (Phi) is 6.26. The van der Waals surface area contributed by atoms with Gasteiger partial charge >= 0.3 is 5.97 Å². The lowest BCUT2D eigenvalue weighted by molar-refractivity contribution is -0.143. The van der Waals surface area contributed by atoms with Crippen LogP contribution in [0.4, 0.5) is 5.69 Å². The number of ether oxygens (including phenoxy) is 2. The third-order valence-corrected chi connectivity index (χ3v) is 5.52. The average Bonchev–Trinajstić information content (AvgIpc) is 3.24. The number of nitrogens with zero attached hydrogens (tertiary/aromatic N) is 1. The molecular weight excluding hydrogens is 364 g/mol. The molecule has 1 aromatic heterocycles. The SMILES string of the molecule is COC(=O)CC(=O)CC(N)(c1ccc(N2CCOCC2)cc1)c1ccsc1. The van der Waals surface area contributed by atoms with E-state index in [-0.39, 0.29) is 18.6 Å². The van der Waals surface area contributed by atoms with Crippen molar-refractivity contribution in [3.05, 3.63) is 52.2 Å². The summed E-state index contributed by atoms with van der Waals surface area (Å²) in [5.74, 6) is -0.789. The van der Waals surface area contributed by atoms with Crippen molar-refractivity contribution in [2.75, 3.05) is 38.3 Å². The summed E-state index contributed by atoms with van der Waals surface area (Å²) in [4.78, 5) is 26.1. The van der Waals surface area contributed by atoms with Crippen LogP contribution in [0.2, 0.25) is 0 Å². The van der Waals surface area contributed by atoms with Gasteiger partial charge in [0.1, 0.15) is 12.2 Å². The van der Waals surface area contributed by atoms with Crippen LogP contribution in [0.1, 0.15) is 24.0 Å². The van der Waals surface area contributed by atoms with Gasteiger partial charge in [-0.25, -0.2) is 0 Å². The van der Waals surface area contributed by atoms with Gasteiger partial charge < -0.3 is 20.1 Å². The first-order valence-electron chi connectivity index (χ1n) is 8.86. The van der Waals surface area contributed by atoms with Crippen molar-refractivity contribution >= 4 is 28.8 Å². The predicted octanol–water partition coefficient (Wildman–Crippen LogP) is 2.31. The van der Waals surface area contributed by atoms with E-state index in [4.69, 9.17) is 10.5 Å². The van der Waals surface area contributed by atoms with Crippen molar-refractivity contribution in [2.45, 2.75) is 18.4 Å². The second-order valence-electron chi connectivity index (χ2n) is 6.60. The van der Waals surface area contributed by atoms with Gasteiger partial charge in [0, 0.05) is 25.2 Å². The van der Waals surface area contributed by atoms with Crippen LogP contribution in [-0.2, 0) is 24.6 Å². The summed E-state index contributed by atoms with van der Waals surface area (Å²) >= 11 is 1.53. The zero-order valence-electron chi connectivity index (χ0n) is 15.3. The first kappa shape index (κ1) is 19.5. The lowest BCUT2D eigenvalue weighted by Gasteiger charge is -2.31. The Balaban J connectivity index is 1.84. The number of nitrogens with two attached hydrogens (primary N) is 1. The van der Waals surface area contributed by atoms with E-state index in [1.165, 1.54) is 18.4 Å². The van der Waals surface area contributed by atoms with E-state index >= 15 is 0 Å². The minimum Gasteiger partial charge on any atom is -0.469 e. The monoisotopic (exact) mass is 388 g/mol. The molecule has 3 rings (SSSR count).